The van der Waals surface area contributed by atoms with Gasteiger partial charge in [-0.1, -0.05) is 12.1 Å². The third-order valence-electron chi connectivity index (χ3n) is 3.12. The maximum atomic E-state index is 12.7. The lowest BCUT2D eigenvalue weighted by Crippen LogP contribution is -2.40. The Morgan fingerprint density at radius 1 is 1.39 bits per heavy atom. The lowest BCUT2D eigenvalue weighted by molar-refractivity contribution is 0.0730. The highest BCUT2D eigenvalue weighted by molar-refractivity contribution is 7.89. The Labute approximate surface area is 133 Å². The summed E-state index contributed by atoms with van der Waals surface area (Å²) in [5, 5.41) is 19.7. The summed E-state index contributed by atoms with van der Waals surface area (Å²) in [4.78, 5) is 0.0338. The Kier molecular flexibility index (Phi) is 5.28. The van der Waals surface area contributed by atoms with Crippen LogP contribution in [0.5, 0.6) is 0 Å². The molecule has 1 saturated heterocycles. The van der Waals surface area contributed by atoms with Crippen LogP contribution in [0.4, 0.5) is 5.69 Å². The highest BCUT2D eigenvalue weighted by atomic mass is 32.2. The van der Waals surface area contributed by atoms with Gasteiger partial charge in [0.15, 0.2) is 5.84 Å². The second kappa shape index (κ2) is 7.19. The number of nitriles is 1. The van der Waals surface area contributed by atoms with Gasteiger partial charge in [0, 0.05) is 13.1 Å². The van der Waals surface area contributed by atoms with E-state index in [0.29, 0.717) is 13.2 Å². The number of nitrogens with one attached hydrogen (secondary N) is 2. The molecule has 0 atom stereocenters. The molecule has 0 spiro atoms. The van der Waals surface area contributed by atoms with Crippen LogP contribution in [-0.2, 0) is 14.8 Å². The number of morpholine rings is 1. The van der Waals surface area contributed by atoms with Crippen LogP contribution in [0.1, 0.15) is 0 Å². The molecule has 1 fully saturated rings. The minimum Gasteiger partial charge on any atom is -0.382 e. The van der Waals surface area contributed by atoms with Crippen LogP contribution < -0.4 is 11.2 Å². The fourth-order valence-corrected chi connectivity index (χ4v) is 3.52. The molecule has 9 nitrogen and oxygen atoms in total. The molecular weight excluding hydrogens is 320 g/mol. The molecular formula is C13H16N6O3S. The van der Waals surface area contributed by atoms with Crippen molar-refractivity contribution in [1.82, 2.24) is 4.31 Å². The Morgan fingerprint density at radius 2 is 2.04 bits per heavy atom. The number of nitrogens with zero attached hydrogens (tertiary/aromatic N) is 3. The fraction of sp³-hybridized carbons (Fsp3) is 0.308. The number of sulfonamides is 1. The van der Waals surface area contributed by atoms with E-state index in [1.54, 1.807) is 18.2 Å². The zero-order chi connectivity index (χ0) is 16.9. The van der Waals surface area contributed by atoms with Crippen LogP contribution in [0, 0.1) is 16.7 Å². The van der Waals surface area contributed by atoms with E-state index in [4.69, 9.17) is 21.1 Å². The molecule has 23 heavy (non-hydrogen) atoms. The summed E-state index contributed by atoms with van der Waals surface area (Å²) >= 11 is 0. The summed E-state index contributed by atoms with van der Waals surface area (Å²) < 4.78 is 31.9. The van der Waals surface area contributed by atoms with Gasteiger partial charge in [-0.25, -0.2) is 8.42 Å². The second-order valence-corrected chi connectivity index (χ2v) is 6.52. The van der Waals surface area contributed by atoms with Crippen LogP contribution >= 0.6 is 0 Å². The molecule has 0 aromatic heterocycles. The monoisotopic (exact) mass is 336 g/mol. The number of hydrogen-bond donors (Lipinski definition) is 3. The Morgan fingerprint density at radius 3 is 2.65 bits per heavy atom. The Hall–Kier alpha value is -2.48. The largest absolute Gasteiger partial charge is 0.382 e. The van der Waals surface area contributed by atoms with Gasteiger partial charge in [0.25, 0.3) is 0 Å². The zero-order valence-corrected chi connectivity index (χ0v) is 13.0. The van der Waals surface area contributed by atoms with E-state index in [-0.39, 0.29) is 29.4 Å². The van der Waals surface area contributed by atoms with E-state index < -0.39 is 15.9 Å². The van der Waals surface area contributed by atoms with Crippen LogP contribution in [0.2, 0.25) is 0 Å². The SMILES string of the molecule is N#C/C(=N\Nc1ccccc1S(=O)(=O)N1CCOCC1)C(=N)N. The first-order valence-corrected chi connectivity index (χ1v) is 8.16. The summed E-state index contributed by atoms with van der Waals surface area (Å²) in [6.07, 6.45) is 0. The van der Waals surface area contributed by atoms with Gasteiger partial charge in [-0.3, -0.25) is 10.8 Å². The standard InChI is InChI=1S/C13H16N6O3S/c14-9-11(13(15)16)18-17-10-3-1-2-4-12(10)23(20,21)19-5-7-22-8-6-19/h1-4,17H,5-8H2,(H3,15,16)/b18-11+. The summed E-state index contributed by atoms with van der Waals surface area (Å²) in [5.41, 5.74) is 7.57. The molecule has 0 radical (unpaired) electrons. The molecule has 2 rings (SSSR count). The van der Waals surface area contributed by atoms with Crippen molar-refractivity contribution in [3.63, 3.8) is 0 Å². The van der Waals surface area contributed by atoms with Gasteiger partial charge in [-0.15, -0.1) is 0 Å². The van der Waals surface area contributed by atoms with Gasteiger partial charge < -0.3 is 10.5 Å². The molecule has 1 aromatic carbocycles. The topological polar surface area (TPSA) is 145 Å². The molecule has 1 aliphatic heterocycles. The molecule has 0 unspecified atom stereocenters. The first-order valence-electron chi connectivity index (χ1n) is 6.72. The van der Waals surface area contributed by atoms with E-state index in [2.05, 4.69) is 10.5 Å². The molecule has 1 aliphatic rings. The maximum absolute atomic E-state index is 12.7. The molecule has 122 valence electrons. The van der Waals surface area contributed by atoms with Crippen molar-refractivity contribution in [3.05, 3.63) is 24.3 Å². The van der Waals surface area contributed by atoms with Crippen molar-refractivity contribution < 1.29 is 13.2 Å². The number of benzene rings is 1. The summed E-state index contributed by atoms with van der Waals surface area (Å²) in [6, 6.07) is 7.85. The summed E-state index contributed by atoms with van der Waals surface area (Å²) in [5.74, 6) is -0.506. The first kappa shape index (κ1) is 16.9. The Bertz CT molecular complexity index is 762. The molecule has 1 heterocycles. The normalized spacial score (nSPS) is 16.6. The van der Waals surface area contributed by atoms with Crippen molar-refractivity contribution in [2.75, 3.05) is 31.7 Å². The van der Waals surface area contributed by atoms with Crippen molar-refractivity contribution in [2.24, 2.45) is 10.8 Å². The minimum atomic E-state index is -3.71. The molecule has 10 heteroatoms. The van der Waals surface area contributed by atoms with E-state index in [9.17, 15) is 8.42 Å². The summed E-state index contributed by atoms with van der Waals surface area (Å²) in [6.45, 7) is 1.24. The number of para-hydroxylation sites is 1. The molecule has 0 aliphatic carbocycles. The predicted molar refractivity (Wildman–Crippen MR) is 84.6 cm³/mol. The fourth-order valence-electron chi connectivity index (χ4n) is 1.97. The van der Waals surface area contributed by atoms with Gasteiger partial charge in [-0.2, -0.15) is 14.7 Å². The Balaban J connectivity index is 2.34. The number of hydrazone groups is 1. The van der Waals surface area contributed by atoms with Gasteiger partial charge in [-0.05, 0) is 12.1 Å². The van der Waals surface area contributed by atoms with Crippen molar-refractivity contribution >= 4 is 27.3 Å². The third kappa shape index (κ3) is 3.84. The van der Waals surface area contributed by atoms with Gasteiger partial charge in [0.2, 0.25) is 15.7 Å². The second-order valence-electron chi connectivity index (χ2n) is 4.61. The van der Waals surface area contributed by atoms with Crippen LogP contribution in [0.25, 0.3) is 0 Å². The van der Waals surface area contributed by atoms with E-state index in [1.165, 1.54) is 16.4 Å². The summed E-state index contributed by atoms with van der Waals surface area (Å²) in [7, 11) is -3.71. The number of ether oxygens (including phenoxy) is 1. The zero-order valence-electron chi connectivity index (χ0n) is 12.2. The van der Waals surface area contributed by atoms with Crippen molar-refractivity contribution in [2.45, 2.75) is 4.90 Å². The number of nitrogens with two attached hydrogens (primary N) is 1. The number of rotatable bonds is 5. The molecule has 4 N–H and O–H groups in total. The smallest absolute Gasteiger partial charge is 0.245 e. The maximum Gasteiger partial charge on any atom is 0.245 e. The van der Waals surface area contributed by atoms with Crippen LogP contribution in [0.15, 0.2) is 34.3 Å². The number of anilines is 1. The van der Waals surface area contributed by atoms with Crippen molar-refractivity contribution in [3.8, 4) is 6.07 Å². The first-order chi connectivity index (χ1) is 11.0. The minimum absolute atomic E-state index is 0.0338. The predicted octanol–water partition coefficient (Wildman–Crippen LogP) is -0.0650. The lowest BCUT2D eigenvalue weighted by Gasteiger charge is -2.26. The highest BCUT2D eigenvalue weighted by Gasteiger charge is 2.28. The van der Waals surface area contributed by atoms with E-state index in [0.717, 1.165) is 0 Å². The van der Waals surface area contributed by atoms with Gasteiger partial charge in [0.1, 0.15) is 11.0 Å². The van der Waals surface area contributed by atoms with Gasteiger partial charge >= 0.3 is 0 Å². The van der Waals surface area contributed by atoms with Crippen LogP contribution in [-0.4, -0.2) is 50.6 Å². The number of amidine groups is 1. The third-order valence-corrected chi connectivity index (χ3v) is 5.08. The molecule has 1 aromatic rings. The molecule has 0 amide bonds. The molecule has 0 bridgehead atoms. The van der Waals surface area contributed by atoms with Gasteiger partial charge in [0.05, 0.1) is 18.9 Å². The average Bonchev–Trinajstić information content (AvgIpc) is 2.56. The van der Waals surface area contributed by atoms with Crippen LogP contribution in [0.3, 0.4) is 0 Å². The number of hydrogen-bond acceptors (Lipinski definition) is 7. The van der Waals surface area contributed by atoms with Crippen molar-refractivity contribution in [1.29, 1.82) is 10.7 Å². The van der Waals surface area contributed by atoms with E-state index in [1.807, 2.05) is 0 Å². The quantitative estimate of drug-likeness (QED) is 0.390. The molecule has 0 saturated carbocycles. The van der Waals surface area contributed by atoms with E-state index >= 15 is 0 Å². The highest BCUT2D eigenvalue weighted by Crippen LogP contribution is 2.25. The average molecular weight is 336 g/mol. The lowest BCUT2D eigenvalue weighted by atomic mass is 10.3.